The SMILES string of the molecule is CCS(=O)(=O)c1nnc([C@H](C)N)o1. The minimum absolute atomic E-state index is 0.0619. The highest BCUT2D eigenvalue weighted by molar-refractivity contribution is 7.91. The summed E-state index contributed by atoms with van der Waals surface area (Å²) in [6, 6.07) is -0.451. The van der Waals surface area contributed by atoms with Gasteiger partial charge in [0, 0.05) is 0 Å². The van der Waals surface area contributed by atoms with E-state index in [0.29, 0.717) is 0 Å². The van der Waals surface area contributed by atoms with Crippen molar-refractivity contribution in [3.8, 4) is 0 Å². The minimum atomic E-state index is -3.41. The molecule has 0 aliphatic rings. The Bertz CT molecular complexity index is 382. The Hall–Kier alpha value is -0.950. The van der Waals surface area contributed by atoms with Crippen molar-refractivity contribution in [1.29, 1.82) is 0 Å². The van der Waals surface area contributed by atoms with E-state index in [2.05, 4.69) is 10.2 Å². The Kier molecular flexibility index (Phi) is 2.67. The number of hydrogen-bond donors (Lipinski definition) is 1. The topological polar surface area (TPSA) is 99.1 Å². The number of rotatable bonds is 3. The molecule has 0 amide bonds. The lowest BCUT2D eigenvalue weighted by atomic mass is 10.4. The van der Waals surface area contributed by atoms with Gasteiger partial charge in [0.2, 0.25) is 15.7 Å². The predicted octanol–water partition coefficient (Wildman–Crippen LogP) is -0.117. The monoisotopic (exact) mass is 205 g/mol. The number of hydrogen-bond acceptors (Lipinski definition) is 6. The molecule has 0 saturated heterocycles. The molecule has 0 bridgehead atoms. The highest BCUT2D eigenvalue weighted by Gasteiger charge is 2.20. The Morgan fingerprint density at radius 1 is 1.54 bits per heavy atom. The molecule has 6 nitrogen and oxygen atoms in total. The van der Waals surface area contributed by atoms with Crippen LogP contribution in [0.3, 0.4) is 0 Å². The van der Waals surface area contributed by atoms with Crippen LogP contribution in [0.15, 0.2) is 9.64 Å². The maximum Gasteiger partial charge on any atom is 0.335 e. The van der Waals surface area contributed by atoms with Crippen LogP contribution in [-0.2, 0) is 9.84 Å². The van der Waals surface area contributed by atoms with Gasteiger partial charge in [0.25, 0.3) is 0 Å². The summed E-state index contributed by atoms with van der Waals surface area (Å²) < 4.78 is 27.3. The molecule has 1 aromatic heterocycles. The zero-order chi connectivity index (χ0) is 10.1. The van der Waals surface area contributed by atoms with Gasteiger partial charge < -0.3 is 10.2 Å². The largest absolute Gasteiger partial charge is 0.411 e. The van der Waals surface area contributed by atoms with Gasteiger partial charge in [-0.25, -0.2) is 8.42 Å². The van der Waals surface area contributed by atoms with Gasteiger partial charge in [-0.3, -0.25) is 0 Å². The fraction of sp³-hybridized carbons (Fsp3) is 0.667. The molecule has 0 fully saturated rings. The first kappa shape index (κ1) is 10.1. The molecular weight excluding hydrogens is 194 g/mol. The smallest absolute Gasteiger partial charge is 0.335 e. The van der Waals surface area contributed by atoms with E-state index in [-0.39, 0.29) is 16.9 Å². The van der Waals surface area contributed by atoms with E-state index in [1.165, 1.54) is 6.92 Å². The summed E-state index contributed by atoms with van der Waals surface area (Å²) in [5.41, 5.74) is 5.42. The molecule has 7 heteroatoms. The summed E-state index contributed by atoms with van der Waals surface area (Å²) in [6.45, 7) is 3.14. The molecule has 0 spiro atoms. The van der Waals surface area contributed by atoms with Crippen LogP contribution in [0.2, 0.25) is 0 Å². The molecule has 0 saturated carbocycles. The fourth-order valence-electron chi connectivity index (χ4n) is 0.654. The van der Waals surface area contributed by atoms with Crippen LogP contribution in [0.1, 0.15) is 25.8 Å². The third-order valence-corrected chi connectivity index (χ3v) is 2.91. The van der Waals surface area contributed by atoms with Gasteiger partial charge in [-0.1, -0.05) is 12.0 Å². The van der Waals surface area contributed by atoms with Crippen LogP contribution in [0.5, 0.6) is 0 Å². The summed E-state index contributed by atoms with van der Waals surface area (Å²) in [5, 5.41) is 6.55. The van der Waals surface area contributed by atoms with Crippen molar-refractivity contribution >= 4 is 9.84 Å². The second-order valence-electron chi connectivity index (χ2n) is 2.60. The van der Waals surface area contributed by atoms with Crippen molar-refractivity contribution in [1.82, 2.24) is 10.2 Å². The third kappa shape index (κ3) is 2.04. The second-order valence-corrected chi connectivity index (χ2v) is 4.75. The lowest BCUT2D eigenvalue weighted by molar-refractivity contribution is 0.380. The van der Waals surface area contributed by atoms with Gasteiger partial charge in [0.1, 0.15) is 0 Å². The molecule has 0 aromatic carbocycles. The lowest BCUT2D eigenvalue weighted by Crippen LogP contribution is -2.05. The molecule has 0 unspecified atom stereocenters. The van der Waals surface area contributed by atoms with Crippen molar-refractivity contribution < 1.29 is 12.8 Å². The fourth-order valence-corrected chi connectivity index (χ4v) is 1.28. The highest BCUT2D eigenvalue weighted by atomic mass is 32.2. The molecule has 0 radical (unpaired) electrons. The summed E-state index contributed by atoms with van der Waals surface area (Å²) in [5.74, 6) is 0.0696. The Morgan fingerprint density at radius 3 is 2.54 bits per heavy atom. The standard InChI is InChI=1S/C6H11N3O3S/c1-3-13(10,11)6-9-8-5(12-6)4(2)7/h4H,3,7H2,1-2H3/t4-/m0/s1. The van der Waals surface area contributed by atoms with Crippen molar-refractivity contribution in [2.45, 2.75) is 25.1 Å². The normalized spacial score (nSPS) is 14.4. The number of nitrogens with two attached hydrogens (primary N) is 1. The molecule has 0 aliphatic heterocycles. The Balaban J connectivity index is 3.06. The maximum absolute atomic E-state index is 11.2. The van der Waals surface area contributed by atoms with Crippen molar-refractivity contribution in [3.63, 3.8) is 0 Å². The predicted molar refractivity (Wildman–Crippen MR) is 44.6 cm³/mol. The molecule has 13 heavy (non-hydrogen) atoms. The number of aromatic nitrogens is 2. The van der Waals surface area contributed by atoms with Crippen LogP contribution in [0, 0.1) is 0 Å². The van der Waals surface area contributed by atoms with Crippen molar-refractivity contribution in [2.75, 3.05) is 5.75 Å². The van der Waals surface area contributed by atoms with Gasteiger partial charge in [0.15, 0.2) is 0 Å². The van der Waals surface area contributed by atoms with Gasteiger partial charge in [0.05, 0.1) is 11.8 Å². The molecular formula is C6H11N3O3S. The van der Waals surface area contributed by atoms with Crippen LogP contribution >= 0.6 is 0 Å². The second kappa shape index (κ2) is 3.43. The molecule has 0 aliphatic carbocycles. The van der Waals surface area contributed by atoms with Crippen molar-refractivity contribution in [3.05, 3.63) is 5.89 Å². The average Bonchev–Trinajstić information content (AvgIpc) is 2.52. The van der Waals surface area contributed by atoms with E-state index in [1.807, 2.05) is 0 Å². The van der Waals surface area contributed by atoms with E-state index in [0.717, 1.165) is 0 Å². The highest BCUT2D eigenvalue weighted by Crippen LogP contribution is 2.12. The van der Waals surface area contributed by atoms with Gasteiger partial charge >= 0.3 is 5.22 Å². The maximum atomic E-state index is 11.2. The minimum Gasteiger partial charge on any atom is -0.411 e. The van der Waals surface area contributed by atoms with Gasteiger partial charge in [-0.2, -0.15) is 0 Å². The van der Waals surface area contributed by atoms with Crippen LogP contribution < -0.4 is 5.73 Å². The summed E-state index contributed by atoms with van der Waals surface area (Å²) in [7, 11) is -3.41. The number of sulfone groups is 1. The van der Waals surface area contributed by atoms with E-state index in [1.54, 1.807) is 6.92 Å². The first-order valence-corrected chi connectivity index (χ1v) is 5.44. The van der Waals surface area contributed by atoms with Crippen LogP contribution in [-0.4, -0.2) is 24.4 Å². The number of nitrogens with zero attached hydrogens (tertiary/aromatic N) is 2. The van der Waals surface area contributed by atoms with Crippen LogP contribution in [0.25, 0.3) is 0 Å². The van der Waals surface area contributed by atoms with Crippen molar-refractivity contribution in [2.24, 2.45) is 5.73 Å². The lowest BCUT2D eigenvalue weighted by Gasteiger charge is -1.95. The first-order chi connectivity index (χ1) is 5.97. The quantitative estimate of drug-likeness (QED) is 0.738. The Morgan fingerprint density at radius 2 is 2.15 bits per heavy atom. The molecule has 1 rings (SSSR count). The third-order valence-electron chi connectivity index (χ3n) is 1.46. The molecule has 1 aromatic rings. The Labute approximate surface area is 76.1 Å². The molecule has 1 atom stereocenters. The van der Waals surface area contributed by atoms with Gasteiger partial charge in [-0.15, -0.1) is 5.10 Å². The van der Waals surface area contributed by atoms with Gasteiger partial charge in [-0.05, 0) is 6.92 Å². The van der Waals surface area contributed by atoms with E-state index < -0.39 is 15.9 Å². The summed E-state index contributed by atoms with van der Waals surface area (Å²) in [4.78, 5) is 0. The summed E-state index contributed by atoms with van der Waals surface area (Å²) in [6.07, 6.45) is 0. The zero-order valence-corrected chi connectivity index (χ0v) is 8.21. The van der Waals surface area contributed by atoms with E-state index in [9.17, 15) is 8.42 Å². The molecule has 74 valence electrons. The molecule has 1 heterocycles. The van der Waals surface area contributed by atoms with Crippen LogP contribution in [0.4, 0.5) is 0 Å². The zero-order valence-electron chi connectivity index (χ0n) is 7.39. The average molecular weight is 205 g/mol. The van der Waals surface area contributed by atoms with E-state index >= 15 is 0 Å². The summed E-state index contributed by atoms with van der Waals surface area (Å²) >= 11 is 0. The molecule has 2 N–H and O–H groups in total. The first-order valence-electron chi connectivity index (χ1n) is 3.79. The van der Waals surface area contributed by atoms with E-state index in [4.69, 9.17) is 10.2 Å².